The number of amides is 1. The van der Waals surface area contributed by atoms with Gasteiger partial charge in [0.1, 0.15) is 5.75 Å². The second kappa shape index (κ2) is 9.48. The van der Waals surface area contributed by atoms with Crippen molar-refractivity contribution in [1.82, 2.24) is 10.2 Å². The fourth-order valence-electron chi connectivity index (χ4n) is 2.27. The summed E-state index contributed by atoms with van der Waals surface area (Å²) in [5.74, 6) is 0.0979. The van der Waals surface area contributed by atoms with Crippen molar-refractivity contribution in [2.24, 2.45) is 0 Å². The van der Waals surface area contributed by atoms with Gasteiger partial charge in [0.05, 0.1) is 26.8 Å². The van der Waals surface area contributed by atoms with Crippen LogP contribution in [0.5, 0.6) is 5.75 Å². The molecule has 5 nitrogen and oxygen atoms in total. The van der Waals surface area contributed by atoms with E-state index in [1.54, 1.807) is 31.2 Å². The first kappa shape index (κ1) is 20.2. The van der Waals surface area contributed by atoms with Crippen LogP contribution in [-0.4, -0.2) is 54.9 Å². The third kappa shape index (κ3) is 7.18. The molecule has 0 aliphatic carbocycles. The van der Waals surface area contributed by atoms with E-state index in [0.717, 1.165) is 10.5 Å². The van der Waals surface area contributed by atoms with Crippen molar-refractivity contribution in [3.8, 4) is 5.75 Å². The summed E-state index contributed by atoms with van der Waals surface area (Å²) in [5, 5.41) is 11.8. The third-order valence-corrected chi connectivity index (χ3v) is 3.55. The Morgan fingerprint density at radius 1 is 1.42 bits per heavy atom. The number of hydrogen-bond acceptors (Lipinski definition) is 4. The van der Waals surface area contributed by atoms with Gasteiger partial charge in [0.2, 0.25) is 5.91 Å². The van der Waals surface area contributed by atoms with Crippen molar-refractivity contribution < 1.29 is 27.8 Å². The number of aliphatic hydroxyl groups excluding tert-OH is 1. The summed E-state index contributed by atoms with van der Waals surface area (Å²) in [7, 11) is 1.52. The molecule has 0 saturated heterocycles. The summed E-state index contributed by atoms with van der Waals surface area (Å²) in [5.41, 5.74) is 0.777. The van der Waals surface area contributed by atoms with E-state index in [4.69, 9.17) is 4.74 Å². The molecule has 0 aliphatic rings. The van der Waals surface area contributed by atoms with Gasteiger partial charge in [-0.05, 0) is 24.1 Å². The quantitative estimate of drug-likeness (QED) is 0.716. The van der Waals surface area contributed by atoms with Crippen molar-refractivity contribution in [3.05, 3.63) is 29.8 Å². The Morgan fingerprint density at radius 3 is 2.67 bits per heavy atom. The molecule has 1 atom stereocenters. The average molecular weight is 348 g/mol. The maximum absolute atomic E-state index is 12.7. The summed E-state index contributed by atoms with van der Waals surface area (Å²) in [4.78, 5) is 12.9. The molecule has 0 bridgehead atoms. The van der Waals surface area contributed by atoms with Crippen LogP contribution in [0.15, 0.2) is 24.3 Å². The summed E-state index contributed by atoms with van der Waals surface area (Å²) in [6.45, 7) is -0.249. The topological polar surface area (TPSA) is 61.8 Å². The molecular formula is C16H23F3N2O3. The van der Waals surface area contributed by atoms with E-state index in [2.05, 4.69) is 5.32 Å². The first-order valence-corrected chi connectivity index (χ1v) is 7.60. The van der Waals surface area contributed by atoms with Crippen molar-refractivity contribution >= 4 is 5.91 Å². The van der Waals surface area contributed by atoms with Gasteiger partial charge in [-0.2, -0.15) is 13.2 Å². The smallest absolute Gasteiger partial charge is 0.401 e. The zero-order valence-electron chi connectivity index (χ0n) is 13.8. The fraction of sp³-hybridized carbons (Fsp3) is 0.562. The number of benzene rings is 1. The van der Waals surface area contributed by atoms with Crippen molar-refractivity contribution in [2.75, 3.05) is 26.8 Å². The minimum Gasteiger partial charge on any atom is -0.497 e. The molecule has 8 heteroatoms. The number of carbonyl (C=O) groups is 1. The van der Waals surface area contributed by atoms with E-state index >= 15 is 0 Å². The standard InChI is InChI=1S/C16H23F3N2O3/c1-3-13(10-22)21(11-16(17,18)19)9-15(23)20-8-12-5-4-6-14(7-12)24-2/h4-7,13,22H,3,8-11H2,1-2H3,(H,20,23). The van der Waals surface area contributed by atoms with Crippen molar-refractivity contribution in [1.29, 1.82) is 0 Å². The third-order valence-electron chi connectivity index (χ3n) is 3.55. The van der Waals surface area contributed by atoms with Crippen LogP contribution in [-0.2, 0) is 11.3 Å². The number of carbonyl (C=O) groups excluding carboxylic acids is 1. The summed E-state index contributed by atoms with van der Waals surface area (Å²) < 4.78 is 43.0. The molecule has 136 valence electrons. The lowest BCUT2D eigenvalue weighted by molar-refractivity contribution is -0.155. The van der Waals surface area contributed by atoms with Gasteiger partial charge in [-0.3, -0.25) is 9.69 Å². The Hall–Kier alpha value is -1.80. The number of nitrogens with one attached hydrogen (secondary N) is 1. The fourth-order valence-corrected chi connectivity index (χ4v) is 2.27. The molecule has 1 aromatic rings. The van der Waals surface area contributed by atoms with Gasteiger partial charge in [-0.25, -0.2) is 0 Å². The van der Waals surface area contributed by atoms with E-state index < -0.39 is 37.8 Å². The Balaban J connectivity index is 2.63. The lowest BCUT2D eigenvalue weighted by Crippen LogP contribution is -2.48. The van der Waals surface area contributed by atoms with Gasteiger partial charge in [-0.1, -0.05) is 19.1 Å². The van der Waals surface area contributed by atoms with Gasteiger partial charge in [0, 0.05) is 12.6 Å². The largest absolute Gasteiger partial charge is 0.497 e. The van der Waals surface area contributed by atoms with Crippen LogP contribution in [0, 0.1) is 0 Å². The zero-order valence-corrected chi connectivity index (χ0v) is 13.8. The molecule has 2 N–H and O–H groups in total. The average Bonchev–Trinajstić information content (AvgIpc) is 2.52. The van der Waals surface area contributed by atoms with Gasteiger partial charge >= 0.3 is 6.18 Å². The van der Waals surface area contributed by atoms with Crippen LogP contribution >= 0.6 is 0 Å². The number of alkyl halides is 3. The molecule has 24 heavy (non-hydrogen) atoms. The second-order valence-electron chi connectivity index (χ2n) is 5.39. The zero-order chi connectivity index (χ0) is 18.2. The molecule has 1 aromatic carbocycles. The minimum absolute atomic E-state index is 0.186. The van der Waals surface area contributed by atoms with Crippen LogP contribution in [0.1, 0.15) is 18.9 Å². The van der Waals surface area contributed by atoms with Gasteiger partial charge in [-0.15, -0.1) is 0 Å². The molecular weight excluding hydrogens is 325 g/mol. The molecule has 1 amide bonds. The first-order chi connectivity index (χ1) is 11.3. The normalized spacial score (nSPS) is 13.0. The predicted octanol–water partition coefficient (Wildman–Crippen LogP) is 1.95. The number of aliphatic hydroxyl groups is 1. The number of hydrogen-bond donors (Lipinski definition) is 2. The summed E-state index contributed by atoms with van der Waals surface area (Å²) in [6.07, 6.45) is -4.12. The minimum atomic E-state index is -4.43. The van der Waals surface area contributed by atoms with Gasteiger partial charge < -0.3 is 15.2 Å². The predicted molar refractivity (Wildman–Crippen MR) is 83.6 cm³/mol. The SMILES string of the molecule is CCC(CO)N(CC(=O)NCc1cccc(OC)c1)CC(F)(F)F. The highest BCUT2D eigenvalue weighted by Gasteiger charge is 2.34. The maximum Gasteiger partial charge on any atom is 0.401 e. The molecule has 0 saturated carbocycles. The Kier molecular flexibility index (Phi) is 8.00. The lowest BCUT2D eigenvalue weighted by Gasteiger charge is -2.29. The second-order valence-corrected chi connectivity index (χ2v) is 5.39. The van der Waals surface area contributed by atoms with E-state index in [1.807, 2.05) is 0 Å². The highest BCUT2D eigenvalue weighted by molar-refractivity contribution is 5.78. The highest BCUT2D eigenvalue weighted by atomic mass is 19.4. The van der Waals surface area contributed by atoms with E-state index in [1.165, 1.54) is 7.11 Å². The van der Waals surface area contributed by atoms with E-state index in [9.17, 15) is 23.1 Å². The van der Waals surface area contributed by atoms with E-state index in [0.29, 0.717) is 12.2 Å². The number of nitrogens with zero attached hydrogens (tertiary/aromatic N) is 1. The molecule has 0 heterocycles. The van der Waals surface area contributed by atoms with Gasteiger partial charge in [0.15, 0.2) is 0 Å². The monoisotopic (exact) mass is 348 g/mol. The highest BCUT2D eigenvalue weighted by Crippen LogP contribution is 2.19. The number of rotatable bonds is 9. The molecule has 0 aliphatic heterocycles. The molecule has 0 spiro atoms. The number of halogens is 3. The summed E-state index contributed by atoms with van der Waals surface area (Å²) >= 11 is 0. The van der Waals surface area contributed by atoms with Crippen LogP contribution in [0.2, 0.25) is 0 Å². The molecule has 0 radical (unpaired) electrons. The van der Waals surface area contributed by atoms with Crippen molar-refractivity contribution in [3.63, 3.8) is 0 Å². The molecule has 1 unspecified atom stereocenters. The maximum atomic E-state index is 12.7. The van der Waals surface area contributed by atoms with Crippen molar-refractivity contribution in [2.45, 2.75) is 32.1 Å². The number of methoxy groups -OCH3 is 1. The number of ether oxygens (including phenoxy) is 1. The van der Waals surface area contributed by atoms with Crippen LogP contribution in [0.3, 0.4) is 0 Å². The van der Waals surface area contributed by atoms with Crippen LogP contribution in [0.25, 0.3) is 0 Å². The Labute approximate surface area is 139 Å². The van der Waals surface area contributed by atoms with Crippen LogP contribution < -0.4 is 10.1 Å². The lowest BCUT2D eigenvalue weighted by atomic mass is 10.2. The summed E-state index contributed by atoms with van der Waals surface area (Å²) in [6, 6.07) is 6.31. The first-order valence-electron chi connectivity index (χ1n) is 7.60. The van der Waals surface area contributed by atoms with Crippen LogP contribution in [0.4, 0.5) is 13.2 Å². The van der Waals surface area contributed by atoms with Gasteiger partial charge in [0.25, 0.3) is 0 Å². The van der Waals surface area contributed by atoms with E-state index in [-0.39, 0.29) is 6.54 Å². The molecule has 0 aromatic heterocycles. The Bertz CT molecular complexity index is 520. The molecule has 0 fully saturated rings. The molecule has 1 rings (SSSR count). The Morgan fingerprint density at radius 2 is 2.12 bits per heavy atom.